The number of halogens is 1. The van der Waals surface area contributed by atoms with Crippen LogP contribution < -0.4 is 5.32 Å². The van der Waals surface area contributed by atoms with Gasteiger partial charge in [0.25, 0.3) is 0 Å². The summed E-state index contributed by atoms with van der Waals surface area (Å²) < 4.78 is 35.9. The van der Waals surface area contributed by atoms with Gasteiger partial charge in [-0.1, -0.05) is 6.92 Å². The molecule has 0 fully saturated rings. The van der Waals surface area contributed by atoms with Gasteiger partial charge in [0.15, 0.2) is 9.84 Å². The smallest absolute Gasteiger partial charge is 0.154 e. The largest absolute Gasteiger partial charge is 0.309 e. The van der Waals surface area contributed by atoms with Crippen LogP contribution in [0.15, 0.2) is 18.5 Å². The predicted octanol–water partition coefficient (Wildman–Crippen LogP) is 1.69. The molecule has 0 saturated heterocycles. The van der Waals surface area contributed by atoms with Crippen LogP contribution in [-0.4, -0.2) is 30.9 Å². The number of nitrogens with one attached hydrogen (secondary N) is 1. The molecule has 0 aliphatic rings. The summed E-state index contributed by atoms with van der Waals surface area (Å²) in [5.74, 6) is -0.472. The molecule has 0 spiro atoms. The minimum absolute atomic E-state index is 0.472. The fourth-order valence-corrected chi connectivity index (χ4v) is 2.42. The molecule has 1 rings (SSSR count). The third kappa shape index (κ3) is 3.05. The summed E-state index contributed by atoms with van der Waals surface area (Å²) in [6, 6.07) is 0.813. The first-order valence-electron chi connectivity index (χ1n) is 5.73. The summed E-state index contributed by atoms with van der Waals surface area (Å²) in [7, 11) is -3.30. The molecule has 0 bridgehead atoms. The van der Waals surface area contributed by atoms with Gasteiger partial charge in [0, 0.05) is 12.5 Å². The van der Waals surface area contributed by atoms with E-state index in [1.165, 1.54) is 18.5 Å². The van der Waals surface area contributed by atoms with E-state index in [0.29, 0.717) is 12.1 Å². The van der Waals surface area contributed by atoms with Crippen molar-refractivity contribution in [2.24, 2.45) is 0 Å². The van der Waals surface area contributed by atoms with Gasteiger partial charge in [-0.15, -0.1) is 0 Å². The summed E-state index contributed by atoms with van der Waals surface area (Å²) >= 11 is 0. The Labute approximate surface area is 108 Å². The summed E-state index contributed by atoms with van der Waals surface area (Å²) in [5, 5.41) is 3.09. The lowest BCUT2D eigenvalue weighted by Gasteiger charge is -2.33. The zero-order valence-corrected chi connectivity index (χ0v) is 11.9. The summed E-state index contributed by atoms with van der Waals surface area (Å²) in [5.41, 5.74) is 0.535. The van der Waals surface area contributed by atoms with Crippen LogP contribution in [-0.2, 0) is 9.84 Å². The fourth-order valence-electron chi connectivity index (χ4n) is 1.77. The van der Waals surface area contributed by atoms with E-state index in [4.69, 9.17) is 0 Å². The van der Waals surface area contributed by atoms with Crippen LogP contribution in [0.3, 0.4) is 0 Å². The highest BCUT2D eigenvalue weighted by Gasteiger charge is 2.39. The Bertz CT molecular complexity index is 515. The number of nitrogens with zero attached hydrogens (tertiary/aromatic N) is 1. The van der Waals surface area contributed by atoms with Gasteiger partial charge < -0.3 is 5.32 Å². The van der Waals surface area contributed by atoms with Gasteiger partial charge in [-0.25, -0.2) is 12.8 Å². The Morgan fingerprint density at radius 2 is 2.06 bits per heavy atom. The second-order valence-corrected chi connectivity index (χ2v) is 7.40. The maximum atomic E-state index is 13.2. The lowest BCUT2D eigenvalue weighted by atomic mass is 9.96. The zero-order chi connectivity index (χ0) is 14.0. The fraction of sp³-hybridized carbons (Fsp3) is 0.583. The van der Waals surface area contributed by atoms with E-state index in [9.17, 15) is 12.8 Å². The molecule has 1 aromatic heterocycles. The Kier molecular flexibility index (Phi) is 4.45. The van der Waals surface area contributed by atoms with Crippen LogP contribution in [0.5, 0.6) is 0 Å². The molecule has 4 nitrogen and oxygen atoms in total. The van der Waals surface area contributed by atoms with E-state index in [0.717, 1.165) is 6.20 Å². The standard InChI is InChI=1S/C12H19FN2O2S/c1-5-15-11(12(2,3)18(4,16)17)9-6-10(13)8-14-7-9/h6-8,11,15H,5H2,1-4H3. The van der Waals surface area contributed by atoms with Gasteiger partial charge in [0.05, 0.1) is 17.0 Å². The Hall–Kier alpha value is -1.01. The van der Waals surface area contributed by atoms with Crippen molar-refractivity contribution in [2.75, 3.05) is 12.8 Å². The highest BCUT2D eigenvalue weighted by atomic mass is 32.2. The number of pyridine rings is 1. The normalized spacial score (nSPS) is 14.5. The molecule has 102 valence electrons. The van der Waals surface area contributed by atoms with Crippen molar-refractivity contribution < 1.29 is 12.8 Å². The average molecular weight is 274 g/mol. The quantitative estimate of drug-likeness (QED) is 0.887. The van der Waals surface area contributed by atoms with Crippen LogP contribution >= 0.6 is 0 Å². The molecule has 1 unspecified atom stereocenters. The zero-order valence-electron chi connectivity index (χ0n) is 11.1. The van der Waals surface area contributed by atoms with E-state index in [1.54, 1.807) is 13.8 Å². The van der Waals surface area contributed by atoms with Gasteiger partial charge in [-0.05, 0) is 32.0 Å². The highest BCUT2D eigenvalue weighted by molar-refractivity contribution is 7.92. The van der Waals surface area contributed by atoms with Crippen molar-refractivity contribution in [3.8, 4) is 0 Å². The van der Waals surface area contributed by atoms with Gasteiger partial charge in [0.2, 0.25) is 0 Å². The molecule has 1 heterocycles. The summed E-state index contributed by atoms with van der Waals surface area (Å²) in [6.07, 6.45) is 3.77. The van der Waals surface area contributed by atoms with E-state index in [1.807, 2.05) is 6.92 Å². The summed E-state index contributed by atoms with van der Waals surface area (Å²) in [4.78, 5) is 3.77. The molecule has 1 atom stereocenters. The van der Waals surface area contributed by atoms with Crippen molar-refractivity contribution in [2.45, 2.75) is 31.6 Å². The molecule has 6 heteroatoms. The Morgan fingerprint density at radius 3 is 2.50 bits per heavy atom. The number of rotatable bonds is 5. The minimum atomic E-state index is -3.30. The lowest BCUT2D eigenvalue weighted by Crippen LogP contribution is -2.45. The van der Waals surface area contributed by atoms with Gasteiger partial charge in [0.1, 0.15) is 5.82 Å². The van der Waals surface area contributed by atoms with Gasteiger partial charge in [-0.2, -0.15) is 0 Å². The van der Waals surface area contributed by atoms with Crippen molar-refractivity contribution in [3.63, 3.8) is 0 Å². The number of sulfone groups is 1. The Morgan fingerprint density at radius 1 is 1.44 bits per heavy atom. The van der Waals surface area contributed by atoms with Crippen LogP contribution in [0.1, 0.15) is 32.4 Å². The topological polar surface area (TPSA) is 59.1 Å². The van der Waals surface area contributed by atoms with Crippen molar-refractivity contribution in [1.82, 2.24) is 10.3 Å². The molecule has 0 aliphatic carbocycles. The molecule has 0 aromatic carbocycles. The van der Waals surface area contributed by atoms with Crippen LogP contribution in [0.2, 0.25) is 0 Å². The average Bonchev–Trinajstić information content (AvgIpc) is 2.24. The third-order valence-corrected chi connectivity index (χ3v) is 5.27. The van der Waals surface area contributed by atoms with Gasteiger partial charge >= 0.3 is 0 Å². The molecule has 0 amide bonds. The summed E-state index contributed by atoms with van der Waals surface area (Å²) in [6.45, 7) is 5.71. The number of aromatic nitrogens is 1. The van der Waals surface area contributed by atoms with Crippen LogP contribution in [0.25, 0.3) is 0 Å². The maximum absolute atomic E-state index is 13.2. The third-order valence-electron chi connectivity index (χ3n) is 3.12. The second-order valence-electron chi connectivity index (χ2n) is 4.80. The molecule has 0 saturated carbocycles. The van der Waals surface area contributed by atoms with Crippen molar-refractivity contribution in [1.29, 1.82) is 0 Å². The Balaban J connectivity index is 3.27. The predicted molar refractivity (Wildman–Crippen MR) is 69.5 cm³/mol. The first-order chi connectivity index (χ1) is 8.20. The van der Waals surface area contributed by atoms with E-state index < -0.39 is 26.4 Å². The van der Waals surface area contributed by atoms with Crippen LogP contribution in [0, 0.1) is 5.82 Å². The highest BCUT2D eigenvalue weighted by Crippen LogP contribution is 2.32. The molecule has 1 N–H and O–H groups in total. The lowest BCUT2D eigenvalue weighted by molar-refractivity contribution is 0.425. The second kappa shape index (κ2) is 5.32. The molecular weight excluding hydrogens is 255 g/mol. The first kappa shape index (κ1) is 15.0. The molecule has 18 heavy (non-hydrogen) atoms. The molecular formula is C12H19FN2O2S. The minimum Gasteiger partial charge on any atom is -0.309 e. The number of hydrogen-bond donors (Lipinski definition) is 1. The van der Waals surface area contributed by atoms with E-state index in [2.05, 4.69) is 10.3 Å². The van der Waals surface area contributed by atoms with Gasteiger partial charge in [-0.3, -0.25) is 4.98 Å². The van der Waals surface area contributed by atoms with Crippen LogP contribution in [0.4, 0.5) is 4.39 Å². The molecule has 0 radical (unpaired) electrons. The van der Waals surface area contributed by atoms with Crippen molar-refractivity contribution in [3.05, 3.63) is 29.8 Å². The molecule has 1 aromatic rings. The maximum Gasteiger partial charge on any atom is 0.154 e. The van der Waals surface area contributed by atoms with E-state index >= 15 is 0 Å². The first-order valence-corrected chi connectivity index (χ1v) is 7.62. The number of hydrogen-bond acceptors (Lipinski definition) is 4. The van der Waals surface area contributed by atoms with Crippen molar-refractivity contribution >= 4 is 9.84 Å². The monoisotopic (exact) mass is 274 g/mol. The van der Waals surface area contributed by atoms with E-state index in [-0.39, 0.29) is 0 Å². The SMILES string of the molecule is CCNC(c1cncc(F)c1)C(C)(C)S(C)(=O)=O. The molecule has 0 aliphatic heterocycles.